The molecule has 5 heteroatoms. The number of carboxylic acid groups (broad SMARTS) is 1. The summed E-state index contributed by atoms with van der Waals surface area (Å²) in [4.78, 5) is 14.2. The zero-order valence-corrected chi connectivity index (χ0v) is 12.3. The Morgan fingerprint density at radius 1 is 1.65 bits per heavy atom. The van der Waals surface area contributed by atoms with Crippen molar-refractivity contribution in [3.63, 3.8) is 0 Å². The average molecular weight is 318 g/mol. The lowest BCUT2D eigenvalue weighted by molar-refractivity contribution is -0.132. The van der Waals surface area contributed by atoms with Gasteiger partial charge in [0.2, 0.25) is 0 Å². The van der Waals surface area contributed by atoms with Gasteiger partial charge in [0, 0.05) is 33.4 Å². The van der Waals surface area contributed by atoms with Crippen LogP contribution in [0, 0.1) is 0 Å². The third kappa shape index (κ3) is 5.02. The molecule has 1 aromatic rings. The first-order valence-electron chi connectivity index (χ1n) is 5.36. The third-order valence-electron chi connectivity index (χ3n) is 2.35. The average Bonchev–Trinajstić information content (AvgIpc) is 2.64. The van der Waals surface area contributed by atoms with E-state index in [1.165, 1.54) is 4.88 Å². The molecule has 0 aromatic carbocycles. The van der Waals surface area contributed by atoms with Crippen LogP contribution in [0.1, 0.15) is 18.2 Å². The Kier molecular flexibility index (Phi) is 5.88. The maximum atomic E-state index is 10.8. The van der Waals surface area contributed by atoms with Gasteiger partial charge in [-0.15, -0.1) is 11.3 Å². The number of hydrogen-bond donors (Lipinski definition) is 1. The summed E-state index contributed by atoms with van der Waals surface area (Å²) in [5.41, 5.74) is 0.476. The molecule has 0 saturated carbocycles. The Bertz CT molecular complexity index is 414. The molecule has 0 fully saturated rings. The first kappa shape index (κ1) is 14.4. The summed E-state index contributed by atoms with van der Waals surface area (Å²) in [7, 11) is 1.99. The van der Waals surface area contributed by atoms with Crippen LogP contribution in [0.15, 0.2) is 27.6 Å². The van der Waals surface area contributed by atoms with E-state index in [-0.39, 0.29) is 0 Å². The van der Waals surface area contributed by atoms with Gasteiger partial charge >= 0.3 is 5.97 Å². The molecule has 0 spiro atoms. The highest BCUT2D eigenvalue weighted by atomic mass is 79.9. The van der Waals surface area contributed by atoms with Gasteiger partial charge in [-0.3, -0.25) is 4.90 Å². The highest BCUT2D eigenvalue weighted by Crippen LogP contribution is 2.20. The molecule has 1 rings (SSSR count). The van der Waals surface area contributed by atoms with Crippen molar-refractivity contribution in [2.45, 2.75) is 19.9 Å². The molecule has 1 aromatic heterocycles. The molecule has 1 heterocycles. The number of halogens is 1. The van der Waals surface area contributed by atoms with Gasteiger partial charge in [0.1, 0.15) is 0 Å². The quantitative estimate of drug-likeness (QED) is 0.818. The summed E-state index contributed by atoms with van der Waals surface area (Å²) in [6, 6.07) is 2.09. The van der Waals surface area contributed by atoms with Gasteiger partial charge in [-0.05, 0) is 35.5 Å². The Hall–Kier alpha value is -0.650. The second-order valence-electron chi connectivity index (χ2n) is 3.82. The van der Waals surface area contributed by atoms with Crippen molar-refractivity contribution < 1.29 is 9.90 Å². The Labute approximate surface area is 114 Å². The van der Waals surface area contributed by atoms with Crippen LogP contribution in [-0.4, -0.2) is 29.6 Å². The number of nitrogens with zero attached hydrogens (tertiary/aromatic N) is 1. The summed E-state index contributed by atoms with van der Waals surface area (Å²) in [5, 5.41) is 10.9. The van der Waals surface area contributed by atoms with Gasteiger partial charge in [0.05, 0.1) is 0 Å². The first-order valence-corrected chi connectivity index (χ1v) is 7.04. The molecule has 17 heavy (non-hydrogen) atoms. The Morgan fingerprint density at radius 3 is 2.82 bits per heavy atom. The largest absolute Gasteiger partial charge is 0.478 e. The molecule has 0 radical (unpaired) electrons. The monoisotopic (exact) mass is 317 g/mol. The van der Waals surface area contributed by atoms with Gasteiger partial charge in [0.15, 0.2) is 0 Å². The van der Waals surface area contributed by atoms with E-state index >= 15 is 0 Å². The standard InChI is InChI=1S/C12H16BrNO2S/c1-3-9(12(15)16)4-5-14(2)7-11-6-10(13)8-17-11/h4,6,8H,3,5,7H2,1-2H3,(H,15,16). The van der Waals surface area contributed by atoms with Crippen LogP contribution in [0.25, 0.3) is 0 Å². The smallest absolute Gasteiger partial charge is 0.331 e. The van der Waals surface area contributed by atoms with Crippen LogP contribution in [-0.2, 0) is 11.3 Å². The molecular formula is C12H16BrNO2S. The summed E-state index contributed by atoms with van der Waals surface area (Å²) < 4.78 is 1.10. The van der Waals surface area contributed by atoms with E-state index in [0.29, 0.717) is 18.5 Å². The second-order valence-corrected chi connectivity index (χ2v) is 5.73. The van der Waals surface area contributed by atoms with E-state index in [9.17, 15) is 4.79 Å². The Balaban J connectivity index is 2.49. The fourth-order valence-corrected chi connectivity index (χ4v) is 2.95. The molecule has 94 valence electrons. The van der Waals surface area contributed by atoms with Gasteiger partial charge in [-0.2, -0.15) is 0 Å². The summed E-state index contributed by atoms with van der Waals surface area (Å²) in [6.07, 6.45) is 2.35. The van der Waals surface area contributed by atoms with E-state index in [2.05, 4.69) is 26.9 Å². The number of carbonyl (C=O) groups is 1. The molecule has 3 nitrogen and oxygen atoms in total. The minimum Gasteiger partial charge on any atom is -0.478 e. The van der Waals surface area contributed by atoms with E-state index in [1.54, 1.807) is 17.4 Å². The molecule has 0 aliphatic heterocycles. The number of carboxylic acids is 1. The highest BCUT2D eigenvalue weighted by Gasteiger charge is 2.05. The van der Waals surface area contributed by atoms with Crippen molar-refractivity contribution in [2.75, 3.05) is 13.6 Å². The first-order chi connectivity index (χ1) is 8.02. The molecule has 0 bridgehead atoms. The minimum atomic E-state index is -0.820. The summed E-state index contributed by atoms with van der Waals surface area (Å²) >= 11 is 5.12. The Morgan fingerprint density at radius 2 is 2.35 bits per heavy atom. The van der Waals surface area contributed by atoms with Crippen LogP contribution >= 0.6 is 27.3 Å². The predicted molar refractivity (Wildman–Crippen MR) is 74.4 cm³/mol. The van der Waals surface area contributed by atoms with Crippen molar-refractivity contribution in [1.82, 2.24) is 4.90 Å². The maximum Gasteiger partial charge on any atom is 0.331 e. The molecule has 0 aliphatic rings. The normalized spacial score (nSPS) is 12.1. The van der Waals surface area contributed by atoms with Crippen molar-refractivity contribution in [3.8, 4) is 0 Å². The topological polar surface area (TPSA) is 40.5 Å². The van der Waals surface area contributed by atoms with Crippen LogP contribution in [0.3, 0.4) is 0 Å². The van der Waals surface area contributed by atoms with Crippen molar-refractivity contribution in [2.24, 2.45) is 0 Å². The number of aliphatic carboxylic acids is 1. The summed E-state index contributed by atoms with van der Waals surface area (Å²) in [5.74, 6) is -0.820. The number of hydrogen-bond acceptors (Lipinski definition) is 3. The van der Waals surface area contributed by atoms with E-state index in [1.807, 2.05) is 19.4 Å². The van der Waals surface area contributed by atoms with E-state index in [4.69, 9.17) is 5.11 Å². The SMILES string of the molecule is CCC(=CCN(C)Cc1cc(Br)cs1)C(=O)O. The second kappa shape index (κ2) is 6.93. The number of rotatable bonds is 6. The molecule has 0 aliphatic carbocycles. The van der Waals surface area contributed by atoms with Crippen LogP contribution in [0.4, 0.5) is 0 Å². The van der Waals surface area contributed by atoms with Gasteiger partial charge in [-0.1, -0.05) is 13.0 Å². The maximum absolute atomic E-state index is 10.8. The van der Waals surface area contributed by atoms with E-state index in [0.717, 1.165) is 11.0 Å². The van der Waals surface area contributed by atoms with Gasteiger partial charge < -0.3 is 5.11 Å². The van der Waals surface area contributed by atoms with Crippen LogP contribution in [0.2, 0.25) is 0 Å². The van der Waals surface area contributed by atoms with Crippen LogP contribution in [0.5, 0.6) is 0 Å². The van der Waals surface area contributed by atoms with E-state index < -0.39 is 5.97 Å². The molecule has 0 amide bonds. The lowest BCUT2D eigenvalue weighted by Crippen LogP contribution is -2.18. The van der Waals surface area contributed by atoms with Gasteiger partial charge in [0.25, 0.3) is 0 Å². The molecule has 0 unspecified atom stereocenters. The van der Waals surface area contributed by atoms with Crippen molar-refractivity contribution >= 4 is 33.2 Å². The fraction of sp³-hybridized carbons (Fsp3) is 0.417. The highest BCUT2D eigenvalue weighted by molar-refractivity contribution is 9.10. The predicted octanol–water partition coefficient (Wildman–Crippen LogP) is 3.36. The number of likely N-dealkylation sites (N-methyl/N-ethyl adjacent to an activating group) is 1. The fourth-order valence-electron chi connectivity index (χ4n) is 1.42. The third-order valence-corrected chi connectivity index (χ3v) is 4.03. The lowest BCUT2D eigenvalue weighted by atomic mass is 10.2. The van der Waals surface area contributed by atoms with Gasteiger partial charge in [-0.25, -0.2) is 4.79 Å². The van der Waals surface area contributed by atoms with Crippen LogP contribution < -0.4 is 0 Å². The molecule has 0 saturated heterocycles. The number of thiophene rings is 1. The summed E-state index contributed by atoms with van der Waals surface area (Å²) in [6.45, 7) is 3.35. The minimum absolute atomic E-state index is 0.476. The zero-order valence-electron chi connectivity index (χ0n) is 9.94. The molecular weight excluding hydrogens is 302 g/mol. The van der Waals surface area contributed by atoms with Crippen molar-refractivity contribution in [3.05, 3.63) is 32.4 Å². The molecule has 1 N–H and O–H groups in total. The molecule has 0 atom stereocenters. The lowest BCUT2D eigenvalue weighted by Gasteiger charge is -2.13. The zero-order chi connectivity index (χ0) is 12.8. The van der Waals surface area contributed by atoms with Crippen molar-refractivity contribution in [1.29, 1.82) is 0 Å².